The van der Waals surface area contributed by atoms with E-state index < -0.39 is 11.6 Å². The van der Waals surface area contributed by atoms with Crippen LogP contribution in [0.1, 0.15) is 20.8 Å². The molecule has 0 fully saturated rings. The topological polar surface area (TPSA) is 56.4 Å². The smallest absolute Gasteiger partial charge is 0.203 e. The summed E-state index contributed by atoms with van der Waals surface area (Å²) in [6, 6.07) is 5.68. The Balaban J connectivity index is 2.14. The van der Waals surface area contributed by atoms with Crippen molar-refractivity contribution in [1.82, 2.24) is 9.97 Å². The van der Waals surface area contributed by atoms with Crippen molar-refractivity contribution in [1.29, 1.82) is 0 Å². The zero-order valence-electron chi connectivity index (χ0n) is 14.9. The van der Waals surface area contributed by atoms with E-state index in [1.807, 2.05) is 20.8 Å². The minimum absolute atomic E-state index is 0.337. The highest BCUT2D eigenvalue weighted by Crippen LogP contribution is 2.41. The number of halogens is 2. The number of H-pyrrole nitrogens is 1. The summed E-state index contributed by atoms with van der Waals surface area (Å²) in [5, 5.41) is 0. The second-order valence-electron chi connectivity index (χ2n) is 5.47. The molecule has 138 valence electrons. The minimum Gasteiger partial charge on any atom is -0.490 e. The summed E-state index contributed by atoms with van der Waals surface area (Å²) >= 11 is 0. The van der Waals surface area contributed by atoms with E-state index in [-0.39, 0.29) is 0 Å². The molecule has 0 bridgehead atoms. The fourth-order valence-electron chi connectivity index (χ4n) is 2.67. The summed E-state index contributed by atoms with van der Waals surface area (Å²) in [7, 11) is 0. The van der Waals surface area contributed by atoms with Gasteiger partial charge in [-0.15, -0.1) is 0 Å². The lowest BCUT2D eigenvalue weighted by Gasteiger charge is -2.16. The van der Waals surface area contributed by atoms with Gasteiger partial charge in [-0.1, -0.05) is 0 Å². The molecule has 0 unspecified atom stereocenters. The highest BCUT2D eigenvalue weighted by atomic mass is 19.2. The van der Waals surface area contributed by atoms with E-state index in [0.717, 1.165) is 12.1 Å². The van der Waals surface area contributed by atoms with E-state index in [4.69, 9.17) is 14.2 Å². The van der Waals surface area contributed by atoms with E-state index in [0.29, 0.717) is 59.5 Å². The number of hydrogen-bond acceptors (Lipinski definition) is 4. The number of ether oxygens (including phenoxy) is 3. The quantitative estimate of drug-likeness (QED) is 0.662. The number of nitrogens with one attached hydrogen (secondary N) is 1. The molecule has 7 heteroatoms. The zero-order chi connectivity index (χ0) is 18.7. The first-order valence-corrected chi connectivity index (χ1v) is 8.48. The monoisotopic (exact) mass is 362 g/mol. The van der Waals surface area contributed by atoms with Crippen molar-refractivity contribution in [2.45, 2.75) is 20.8 Å². The normalized spacial score (nSPS) is 11.0. The molecule has 5 nitrogen and oxygen atoms in total. The molecule has 2 aromatic carbocycles. The van der Waals surface area contributed by atoms with Gasteiger partial charge in [-0.3, -0.25) is 0 Å². The predicted molar refractivity (Wildman–Crippen MR) is 95.0 cm³/mol. The Morgan fingerprint density at radius 3 is 2.00 bits per heavy atom. The average molecular weight is 362 g/mol. The molecule has 1 heterocycles. The molecule has 0 radical (unpaired) electrons. The van der Waals surface area contributed by atoms with Gasteiger partial charge in [0.1, 0.15) is 5.82 Å². The third-order valence-electron chi connectivity index (χ3n) is 3.71. The van der Waals surface area contributed by atoms with Crippen LogP contribution in [0, 0.1) is 11.6 Å². The van der Waals surface area contributed by atoms with Crippen LogP contribution in [0.5, 0.6) is 17.2 Å². The second-order valence-corrected chi connectivity index (χ2v) is 5.47. The van der Waals surface area contributed by atoms with Gasteiger partial charge < -0.3 is 19.2 Å². The van der Waals surface area contributed by atoms with Crippen LogP contribution in [0.2, 0.25) is 0 Å². The van der Waals surface area contributed by atoms with Crippen LogP contribution in [-0.4, -0.2) is 29.8 Å². The van der Waals surface area contributed by atoms with E-state index >= 15 is 0 Å². The van der Waals surface area contributed by atoms with Crippen LogP contribution in [0.15, 0.2) is 24.3 Å². The number of aromatic amines is 1. The maximum Gasteiger partial charge on any atom is 0.203 e. The van der Waals surface area contributed by atoms with Crippen molar-refractivity contribution in [2.24, 2.45) is 0 Å². The lowest BCUT2D eigenvalue weighted by molar-refractivity contribution is 0.261. The van der Waals surface area contributed by atoms with E-state index in [9.17, 15) is 8.78 Å². The Morgan fingerprint density at radius 2 is 1.42 bits per heavy atom. The first-order chi connectivity index (χ1) is 12.6. The molecular weight excluding hydrogens is 342 g/mol. The van der Waals surface area contributed by atoms with Gasteiger partial charge >= 0.3 is 0 Å². The molecule has 3 aromatic rings. The van der Waals surface area contributed by atoms with E-state index in [2.05, 4.69) is 9.97 Å². The second kappa shape index (κ2) is 7.59. The summed E-state index contributed by atoms with van der Waals surface area (Å²) in [5.41, 5.74) is 1.41. The molecule has 0 aliphatic heterocycles. The van der Waals surface area contributed by atoms with Gasteiger partial charge in [0, 0.05) is 17.7 Å². The van der Waals surface area contributed by atoms with Crippen LogP contribution in [-0.2, 0) is 0 Å². The molecule has 0 spiro atoms. The van der Waals surface area contributed by atoms with Crippen molar-refractivity contribution < 1.29 is 23.0 Å². The summed E-state index contributed by atoms with van der Waals surface area (Å²) in [4.78, 5) is 7.35. The standard InChI is InChI=1S/C19H20F2N2O3/c1-4-24-16-7-11(8-17(25-5-2)18(16)26-6-3)19-22-14-9-12(20)13(21)10-15(14)23-19/h7-10H,4-6H2,1-3H3,(H,22,23). The Bertz CT molecular complexity index is 859. The van der Waals surface area contributed by atoms with Crippen LogP contribution < -0.4 is 14.2 Å². The fraction of sp³-hybridized carbons (Fsp3) is 0.316. The third-order valence-corrected chi connectivity index (χ3v) is 3.71. The molecule has 0 atom stereocenters. The molecule has 3 rings (SSSR count). The number of fused-ring (bicyclic) bond motifs is 1. The number of imidazole rings is 1. The van der Waals surface area contributed by atoms with Crippen LogP contribution in [0.3, 0.4) is 0 Å². The number of benzene rings is 2. The van der Waals surface area contributed by atoms with Crippen LogP contribution >= 0.6 is 0 Å². The summed E-state index contributed by atoms with van der Waals surface area (Å²) in [5.74, 6) is 0.154. The Labute approximate surface area is 149 Å². The van der Waals surface area contributed by atoms with Gasteiger partial charge in [0.2, 0.25) is 5.75 Å². The van der Waals surface area contributed by atoms with Crippen molar-refractivity contribution in [3.05, 3.63) is 35.9 Å². The lowest BCUT2D eigenvalue weighted by atomic mass is 10.1. The first-order valence-electron chi connectivity index (χ1n) is 8.48. The van der Waals surface area contributed by atoms with Gasteiger partial charge in [-0.2, -0.15) is 0 Å². The summed E-state index contributed by atoms with van der Waals surface area (Å²) in [6.45, 7) is 6.98. The Morgan fingerprint density at radius 1 is 0.846 bits per heavy atom. The number of aromatic nitrogens is 2. The molecule has 0 aliphatic rings. The number of rotatable bonds is 7. The van der Waals surface area contributed by atoms with Crippen molar-refractivity contribution in [2.75, 3.05) is 19.8 Å². The highest BCUT2D eigenvalue weighted by molar-refractivity contribution is 5.80. The summed E-state index contributed by atoms with van der Waals surface area (Å²) in [6.07, 6.45) is 0. The maximum absolute atomic E-state index is 13.4. The van der Waals surface area contributed by atoms with E-state index in [1.165, 1.54) is 0 Å². The minimum atomic E-state index is -0.938. The van der Waals surface area contributed by atoms with E-state index in [1.54, 1.807) is 12.1 Å². The van der Waals surface area contributed by atoms with Crippen molar-refractivity contribution >= 4 is 11.0 Å². The predicted octanol–water partition coefficient (Wildman–Crippen LogP) is 4.70. The molecule has 0 saturated carbocycles. The van der Waals surface area contributed by atoms with Gasteiger partial charge in [-0.05, 0) is 32.9 Å². The van der Waals surface area contributed by atoms with Gasteiger partial charge in [0.15, 0.2) is 23.1 Å². The molecule has 0 aliphatic carbocycles. The first kappa shape index (κ1) is 18.0. The van der Waals surface area contributed by atoms with Gasteiger partial charge in [-0.25, -0.2) is 13.8 Å². The Hall–Kier alpha value is -2.83. The molecule has 0 amide bonds. The molecular formula is C19H20F2N2O3. The maximum atomic E-state index is 13.4. The number of nitrogens with zero attached hydrogens (tertiary/aromatic N) is 1. The number of hydrogen-bond donors (Lipinski definition) is 1. The SMILES string of the molecule is CCOc1cc(-c2nc3cc(F)c(F)cc3[nH]2)cc(OCC)c1OCC. The summed E-state index contributed by atoms with van der Waals surface area (Å²) < 4.78 is 43.9. The van der Waals surface area contributed by atoms with Crippen LogP contribution in [0.25, 0.3) is 22.4 Å². The average Bonchev–Trinajstić information content (AvgIpc) is 3.01. The molecule has 0 saturated heterocycles. The molecule has 1 N–H and O–H groups in total. The van der Waals surface area contributed by atoms with Crippen molar-refractivity contribution in [3.63, 3.8) is 0 Å². The van der Waals surface area contributed by atoms with Gasteiger partial charge in [0.05, 0.1) is 30.9 Å². The Kier molecular flexibility index (Phi) is 5.25. The fourth-order valence-corrected chi connectivity index (χ4v) is 2.67. The van der Waals surface area contributed by atoms with Crippen LogP contribution in [0.4, 0.5) is 8.78 Å². The van der Waals surface area contributed by atoms with Crippen molar-refractivity contribution in [3.8, 4) is 28.6 Å². The largest absolute Gasteiger partial charge is 0.490 e. The lowest BCUT2D eigenvalue weighted by Crippen LogP contribution is -2.03. The zero-order valence-corrected chi connectivity index (χ0v) is 14.9. The highest BCUT2D eigenvalue weighted by Gasteiger charge is 2.18. The van der Waals surface area contributed by atoms with Gasteiger partial charge in [0.25, 0.3) is 0 Å². The third kappa shape index (κ3) is 3.42. The molecule has 1 aromatic heterocycles. The molecule has 26 heavy (non-hydrogen) atoms.